The van der Waals surface area contributed by atoms with Crippen molar-refractivity contribution in [2.24, 2.45) is 11.1 Å². The molecule has 2 nitrogen and oxygen atoms in total. The van der Waals surface area contributed by atoms with Crippen LogP contribution < -0.4 is 5.73 Å². The molecule has 0 unspecified atom stereocenters. The van der Waals surface area contributed by atoms with Crippen LogP contribution in [0.3, 0.4) is 0 Å². The zero-order valence-electron chi connectivity index (χ0n) is 10.4. The number of hydrogen-bond acceptors (Lipinski definition) is 2. The van der Waals surface area contributed by atoms with Crippen molar-refractivity contribution in [1.82, 2.24) is 0 Å². The Morgan fingerprint density at radius 2 is 1.84 bits per heavy atom. The maximum atomic E-state index is 13.9. The second-order valence-electron chi connectivity index (χ2n) is 4.94. The molecule has 1 aromatic carbocycles. The van der Waals surface area contributed by atoms with Crippen molar-refractivity contribution >= 4 is 11.6 Å². The van der Waals surface area contributed by atoms with E-state index in [-0.39, 0.29) is 0 Å². The topological polar surface area (TPSA) is 46.2 Å². The number of benzene rings is 1. The van der Waals surface area contributed by atoms with Gasteiger partial charge in [0.25, 0.3) is 0 Å². The third kappa shape index (κ3) is 3.19. The van der Waals surface area contributed by atoms with E-state index in [0.29, 0.717) is 6.07 Å². The molecule has 3 N–H and O–H groups in total. The van der Waals surface area contributed by atoms with Gasteiger partial charge in [0, 0.05) is 23.6 Å². The van der Waals surface area contributed by atoms with E-state index in [1.165, 1.54) is 13.8 Å². The van der Waals surface area contributed by atoms with Crippen molar-refractivity contribution < 1.29 is 22.7 Å². The highest BCUT2D eigenvalue weighted by Crippen LogP contribution is 2.42. The molecule has 0 amide bonds. The molecule has 0 saturated carbocycles. The van der Waals surface area contributed by atoms with Gasteiger partial charge >= 0.3 is 6.18 Å². The summed E-state index contributed by atoms with van der Waals surface area (Å²) in [6, 6.07) is 0.184. The largest absolute Gasteiger partial charge is 0.416 e. The summed E-state index contributed by atoms with van der Waals surface area (Å²) in [5, 5.41) is 8.73. The number of nitrogens with two attached hydrogens (primary N) is 1. The van der Waals surface area contributed by atoms with Gasteiger partial charge in [0.05, 0.1) is 10.6 Å². The summed E-state index contributed by atoms with van der Waals surface area (Å²) in [5.74, 6) is -1.20. The lowest BCUT2D eigenvalue weighted by atomic mass is 9.80. The maximum Gasteiger partial charge on any atom is 0.416 e. The average molecular weight is 300 g/mol. The predicted molar refractivity (Wildman–Crippen MR) is 64.2 cm³/mol. The van der Waals surface area contributed by atoms with Crippen LogP contribution in [0.15, 0.2) is 12.1 Å². The van der Waals surface area contributed by atoms with Crippen LogP contribution in [-0.2, 0) is 6.18 Å². The standard InChI is InChI=1S/C12H14ClF4NO/c1-11(2,5-19)10(18)8-6(12(15,16)17)3-4-7(13)9(8)14/h3-4,10,19H,5,18H2,1-2H3/t10-/m0/s1. The van der Waals surface area contributed by atoms with Crippen LogP contribution in [0.25, 0.3) is 0 Å². The number of halogens is 5. The summed E-state index contributed by atoms with van der Waals surface area (Å²) >= 11 is 5.51. The van der Waals surface area contributed by atoms with Gasteiger partial charge in [0.1, 0.15) is 5.82 Å². The second-order valence-corrected chi connectivity index (χ2v) is 5.35. The minimum absolute atomic E-state index is 0.438. The smallest absolute Gasteiger partial charge is 0.396 e. The Hall–Kier alpha value is -0.850. The molecule has 0 saturated heterocycles. The summed E-state index contributed by atoms with van der Waals surface area (Å²) in [7, 11) is 0. The lowest BCUT2D eigenvalue weighted by Gasteiger charge is -2.31. The summed E-state index contributed by atoms with van der Waals surface area (Å²) in [5.41, 5.74) is 2.67. The molecule has 1 rings (SSSR count). The van der Waals surface area contributed by atoms with Crippen LogP contribution in [0, 0.1) is 11.2 Å². The second kappa shape index (κ2) is 5.26. The van der Waals surface area contributed by atoms with E-state index in [0.717, 1.165) is 6.07 Å². The fourth-order valence-electron chi connectivity index (χ4n) is 1.61. The molecule has 0 fully saturated rings. The Morgan fingerprint density at radius 3 is 2.26 bits per heavy atom. The lowest BCUT2D eigenvalue weighted by Crippen LogP contribution is -2.34. The molecule has 0 heterocycles. The van der Waals surface area contributed by atoms with E-state index < -0.39 is 46.2 Å². The molecule has 1 atom stereocenters. The first-order valence-corrected chi connectivity index (χ1v) is 5.81. The maximum absolute atomic E-state index is 13.9. The highest BCUT2D eigenvalue weighted by Gasteiger charge is 2.40. The Bertz CT molecular complexity index is 474. The fraction of sp³-hybridized carbons (Fsp3) is 0.500. The third-order valence-corrected chi connectivity index (χ3v) is 3.29. The van der Waals surface area contributed by atoms with Gasteiger partial charge in [-0.3, -0.25) is 0 Å². The fourth-order valence-corrected chi connectivity index (χ4v) is 1.77. The SMILES string of the molecule is CC(C)(CO)[C@@H](N)c1c(C(F)(F)F)ccc(Cl)c1F. The normalized spacial score (nSPS) is 14.6. The molecule has 0 bridgehead atoms. The molecule has 108 valence electrons. The Balaban J connectivity index is 3.52. The van der Waals surface area contributed by atoms with Crippen molar-refractivity contribution in [3.05, 3.63) is 34.1 Å². The van der Waals surface area contributed by atoms with E-state index in [9.17, 15) is 17.6 Å². The highest BCUT2D eigenvalue weighted by molar-refractivity contribution is 6.30. The van der Waals surface area contributed by atoms with Crippen LogP contribution >= 0.6 is 11.6 Å². The molecule has 0 aliphatic rings. The van der Waals surface area contributed by atoms with Crippen LogP contribution in [0.5, 0.6) is 0 Å². The van der Waals surface area contributed by atoms with E-state index in [1.807, 2.05) is 0 Å². The number of hydrogen-bond donors (Lipinski definition) is 2. The molecule has 0 spiro atoms. The van der Waals surface area contributed by atoms with Crippen LogP contribution in [0.2, 0.25) is 5.02 Å². The summed E-state index contributed by atoms with van der Waals surface area (Å²) < 4.78 is 52.6. The molecule has 19 heavy (non-hydrogen) atoms. The van der Waals surface area contributed by atoms with Gasteiger partial charge in [-0.05, 0) is 12.1 Å². The zero-order valence-corrected chi connectivity index (χ0v) is 11.1. The van der Waals surface area contributed by atoms with Gasteiger partial charge in [0.2, 0.25) is 0 Å². The number of rotatable bonds is 3. The van der Waals surface area contributed by atoms with Crippen LogP contribution in [0.1, 0.15) is 31.0 Å². The van der Waals surface area contributed by atoms with Gasteiger partial charge in [-0.25, -0.2) is 4.39 Å². The quantitative estimate of drug-likeness (QED) is 0.839. The molecule has 0 aliphatic carbocycles. The Kier molecular flexibility index (Phi) is 4.49. The van der Waals surface area contributed by atoms with E-state index in [1.54, 1.807) is 0 Å². The molecular weight excluding hydrogens is 286 g/mol. The van der Waals surface area contributed by atoms with Gasteiger partial charge in [-0.2, -0.15) is 13.2 Å². The van der Waals surface area contributed by atoms with Crippen molar-refractivity contribution in [1.29, 1.82) is 0 Å². The molecule has 1 aromatic rings. The minimum Gasteiger partial charge on any atom is -0.396 e. The van der Waals surface area contributed by atoms with Crippen molar-refractivity contribution in [3.63, 3.8) is 0 Å². The summed E-state index contributed by atoms with van der Waals surface area (Å²) in [4.78, 5) is 0. The van der Waals surface area contributed by atoms with Crippen molar-refractivity contribution in [2.45, 2.75) is 26.1 Å². The van der Waals surface area contributed by atoms with Crippen LogP contribution in [0.4, 0.5) is 17.6 Å². The first kappa shape index (κ1) is 16.2. The Morgan fingerprint density at radius 1 is 1.32 bits per heavy atom. The molecule has 0 radical (unpaired) electrons. The van der Waals surface area contributed by atoms with Crippen molar-refractivity contribution in [2.75, 3.05) is 6.61 Å². The molecule has 7 heteroatoms. The number of aliphatic hydroxyl groups excluding tert-OH is 1. The molecule has 0 aromatic heterocycles. The van der Waals surface area contributed by atoms with Gasteiger partial charge in [0.15, 0.2) is 0 Å². The van der Waals surface area contributed by atoms with Crippen LogP contribution in [-0.4, -0.2) is 11.7 Å². The van der Waals surface area contributed by atoms with E-state index in [4.69, 9.17) is 22.4 Å². The first-order chi connectivity index (χ1) is 8.52. The first-order valence-electron chi connectivity index (χ1n) is 5.44. The number of alkyl halides is 3. The lowest BCUT2D eigenvalue weighted by molar-refractivity contribution is -0.139. The monoisotopic (exact) mass is 299 g/mol. The van der Waals surface area contributed by atoms with Gasteiger partial charge in [-0.1, -0.05) is 25.4 Å². The summed E-state index contributed by atoms with van der Waals surface area (Å²) in [6.45, 7) is 2.40. The average Bonchev–Trinajstić information content (AvgIpc) is 2.30. The predicted octanol–water partition coefficient (Wildman–Crippen LogP) is 3.52. The minimum atomic E-state index is -4.75. The van der Waals surface area contributed by atoms with Gasteiger partial charge < -0.3 is 10.8 Å². The third-order valence-electron chi connectivity index (χ3n) is 3.00. The zero-order chi connectivity index (χ0) is 15.0. The van der Waals surface area contributed by atoms with E-state index >= 15 is 0 Å². The van der Waals surface area contributed by atoms with Gasteiger partial charge in [-0.15, -0.1) is 0 Å². The molecule has 0 aliphatic heterocycles. The molecular formula is C12H14ClF4NO. The summed E-state index contributed by atoms with van der Waals surface area (Å²) in [6.07, 6.45) is -4.75. The van der Waals surface area contributed by atoms with Crippen molar-refractivity contribution in [3.8, 4) is 0 Å². The highest BCUT2D eigenvalue weighted by atomic mass is 35.5. The number of aliphatic hydroxyl groups is 1. The van der Waals surface area contributed by atoms with E-state index in [2.05, 4.69) is 0 Å². The Labute approximate surface area is 113 Å².